The average molecular weight is 288 g/mol. The Balaban J connectivity index is 2.50. The van der Waals surface area contributed by atoms with Gasteiger partial charge < -0.3 is 14.2 Å². The molecule has 0 amide bonds. The van der Waals surface area contributed by atoms with E-state index < -0.39 is 0 Å². The van der Waals surface area contributed by atoms with Crippen molar-refractivity contribution in [2.24, 2.45) is 0 Å². The summed E-state index contributed by atoms with van der Waals surface area (Å²) in [5.74, 6) is 1.56. The predicted octanol–water partition coefficient (Wildman–Crippen LogP) is 1.86. The normalized spacial score (nSPS) is 10.0. The fraction of sp³-hybridized carbons (Fsp3) is 0.200. The molecule has 0 radical (unpaired) electrons. The lowest BCUT2D eigenvalue weighted by Crippen LogP contribution is -2.07. The lowest BCUT2D eigenvalue weighted by Gasteiger charge is -2.14. The molecular formula is C15H16N2O4. The summed E-state index contributed by atoms with van der Waals surface area (Å²) >= 11 is 0. The van der Waals surface area contributed by atoms with Crippen molar-refractivity contribution in [1.82, 2.24) is 10.2 Å². The van der Waals surface area contributed by atoms with E-state index in [0.717, 1.165) is 5.56 Å². The third-order valence-corrected chi connectivity index (χ3v) is 3.00. The van der Waals surface area contributed by atoms with Gasteiger partial charge in [-0.05, 0) is 23.8 Å². The van der Waals surface area contributed by atoms with E-state index in [-0.39, 0.29) is 5.56 Å². The highest BCUT2D eigenvalue weighted by molar-refractivity contribution is 5.78. The third kappa shape index (κ3) is 2.89. The van der Waals surface area contributed by atoms with E-state index in [0.29, 0.717) is 28.5 Å². The number of methoxy groups -OCH3 is 3. The number of benzene rings is 1. The summed E-state index contributed by atoms with van der Waals surface area (Å²) in [5, 5.41) is 6.33. The Morgan fingerprint density at radius 3 is 2.14 bits per heavy atom. The smallest absolute Gasteiger partial charge is 0.264 e. The van der Waals surface area contributed by atoms with Crippen LogP contribution in [0.25, 0.3) is 5.57 Å². The molecule has 0 saturated carbocycles. The SMILES string of the molecule is C=C(c1cc(OC)c(OC)c(OC)c1)c1ccc(=O)[nH]n1. The van der Waals surface area contributed by atoms with Crippen LogP contribution in [0.1, 0.15) is 11.3 Å². The van der Waals surface area contributed by atoms with Crippen molar-refractivity contribution in [2.75, 3.05) is 21.3 Å². The molecule has 0 aliphatic carbocycles. The highest BCUT2D eigenvalue weighted by Gasteiger charge is 2.15. The third-order valence-electron chi connectivity index (χ3n) is 3.00. The molecule has 21 heavy (non-hydrogen) atoms. The Hall–Kier alpha value is -2.76. The van der Waals surface area contributed by atoms with Crippen molar-refractivity contribution >= 4 is 5.57 Å². The van der Waals surface area contributed by atoms with Gasteiger partial charge in [0.25, 0.3) is 5.56 Å². The number of nitrogens with one attached hydrogen (secondary N) is 1. The molecule has 6 nitrogen and oxygen atoms in total. The van der Waals surface area contributed by atoms with Gasteiger partial charge >= 0.3 is 0 Å². The fourth-order valence-electron chi connectivity index (χ4n) is 1.92. The molecule has 0 aliphatic rings. The molecule has 0 aliphatic heterocycles. The summed E-state index contributed by atoms with van der Waals surface area (Å²) in [6.45, 7) is 3.99. The van der Waals surface area contributed by atoms with Crippen LogP contribution >= 0.6 is 0 Å². The zero-order valence-corrected chi connectivity index (χ0v) is 12.1. The molecule has 0 atom stereocenters. The van der Waals surface area contributed by atoms with Crippen LogP contribution in [0.3, 0.4) is 0 Å². The quantitative estimate of drug-likeness (QED) is 0.909. The monoisotopic (exact) mass is 288 g/mol. The first kappa shape index (κ1) is 14.6. The van der Waals surface area contributed by atoms with Crippen LogP contribution < -0.4 is 19.8 Å². The Morgan fingerprint density at radius 2 is 1.71 bits per heavy atom. The van der Waals surface area contributed by atoms with E-state index in [1.165, 1.54) is 6.07 Å². The minimum absolute atomic E-state index is 0.267. The summed E-state index contributed by atoms with van der Waals surface area (Å²) in [7, 11) is 4.63. The summed E-state index contributed by atoms with van der Waals surface area (Å²) in [6.07, 6.45) is 0. The van der Waals surface area contributed by atoms with Gasteiger partial charge in [0.15, 0.2) is 11.5 Å². The van der Waals surface area contributed by atoms with Crippen molar-refractivity contribution in [3.63, 3.8) is 0 Å². The minimum Gasteiger partial charge on any atom is -0.493 e. The van der Waals surface area contributed by atoms with Crippen LogP contribution in [0.2, 0.25) is 0 Å². The standard InChI is InChI=1S/C15H16N2O4/c1-9(11-5-6-14(18)17-16-11)10-7-12(19-2)15(21-4)13(8-10)20-3/h5-8H,1H2,2-4H3,(H,17,18). The second-order valence-electron chi connectivity index (χ2n) is 4.20. The van der Waals surface area contributed by atoms with Crippen molar-refractivity contribution < 1.29 is 14.2 Å². The van der Waals surface area contributed by atoms with Crippen molar-refractivity contribution in [3.05, 3.63) is 52.5 Å². The molecule has 0 bridgehead atoms. The number of hydrogen-bond donors (Lipinski definition) is 1. The van der Waals surface area contributed by atoms with E-state index in [2.05, 4.69) is 16.8 Å². The molecule has 6 heteroatoms. The highest BCUT2D eigenvalue weighted by atomic mass is 16.5. The number of aromatic amines is 1. The first-order valence-electron chi connectivity index (χ1n) is 6.16. The number of rotatable bonds is 5. The van der Waals surface area contributed by atoms with Gasteiger partial charge in [-0.25, -0.2) is 5.10 Å². The van der Waals surface area contributed by atoms with Crippen molar-refractivity contribution in [3.8, 4) is 17.2 Å². The number of hydrogen-bond acceptors (Lipinski definition) is 5. The van der Waals surface area contributed by atoms with Gasteiger partial charge in [0, 0.05) is 11.6 Å². The lowest BCUT2D eigenvalue weighted by atomic mass is 10.0. The zero-order valence-electron chi connectivity index (χ0n) is 12.1. The second kappa shape index (κ2) is 6.13. The zero-order chi connectivity index (χ0) is 15.4. The molecule has 1 aromatic carbocycles. The van der Waals surface area contributed by atoms with Crippen LogP contribution in [0, 0.1) is 0 Å². The molecule has 1 aromatic heterocycles. The van der Waals surface area contributed by atoms with Crippen molar-refractivity contribution in [2.45, 2.75) is 0 Å². The molecule has 110 valence electrons. The minimum atomic E-state index is -0.267. The van der Waals surface area contributed by atoms with E-state index in [1.54, 1.807) is 39.5 Å². The molecule has 0 spiro atoms. The first-order valence-corrected chi connectivity index (χ1v) is 6.16. The Kier molecular flexibility index (Phi) is 4.27. The topological polar surface area (TPSA) is 73.4 Å². The van der Waals surface area contributed by atoms with Crippen LogP contribution in [0.15, 0.2) is 35.6 Å². The van der Waals surface area contributed by atoms with Gasteiger partial charge in [-0.3, -0.25) is 4.79 Å². The number of nitrogens with zero attached hydrogens (tertiary/aromatic N) is 1. The van der Waals surface area contributed by atoms with Crippen molar-refractivity contribution in [1.29, 1.82) is 0 Å². The van der Waals surface area contributed by atoms with Gasteiger partial charge in [0.1, 0.15) is 0 Å². The number of H-pyrrole nitrogens is 1. The molecule has 2 rings (SSSR count). The molecule has 1 N–H and O–H groups in total. The number of ether oxygens (including phenoxy) is 3. The maximum absolute atomic E-state index is 11.1. The summed E-state index contributed by atoms with van der Waals surface area (Å²) in [5.41, 5.74) is 1.68. The van der Waals surface area contributed by atoms with Gasteiger partial charge in [-0.15, -0.1) is 0 Å². The molecular weight excluding hydrogens is 272 g/mol. The molecule has 2 aromatic rings. The summed E-state index contributed by atoms with van der Waals surface area (Å²) in [4.78, 5) is 11.1. The maximum atomic E-state index is 11.1. The van der Waals surface area contributed by atoms with Crippen LogP contribution in [-0.2, 0) is 0 Å². The fourth-order valence-corrected chi connectivity index (χ4v) is 1.92. The highest BCUT2D eigenvalue weighted by Crippen LogP contribution is 2.40. The van der Waals surface area contributed by atoms with Gasteiger partial charge in [-0.2, -0.15) is 5.10 Å². The average Bonchev–Trinajstić information content (AvgIpc) is 2.53. The predicted molar refractivity (Wildman–Crippen MR) is 79.1 cm³/mol. The van der Waals surface area contributed by atoms with Gasteiger partial charge in [0.05, 0.1) is 27.0 Å². The second-order valence-corrected chi connectivity index (χ2v) is 4.20. The molecule has 0 unspecified atom stereocenters. The summed E-state index contributed by atoms with van der Waals surface area (Å²) < 4.78 is 15.9. The van der Waals surface area contributed by atoms with E-state index in [4.69, 9.17) is 14.2 Å². The van der Waals surface area contributed by atoms with Crippen LogP contribution in [-0.4, -0.2) is 31.5 Å². The summed E-state index contributed by atoms with van der Waals surface area (Å²) in [6, 6.07) is 6.54. The van der Waals surface area contributed by atoms with Crippen LogP contribution in [0.5, 0.6) is 17.2 Å². The van der Waals surface area contributed by atoms with Crippen LogP contribution in [0.4, 0.5) is 0 Å². The molecule has 0 saturated heterocycles. The maximum Gasteiger partial charge on any atom is 0.264 e. The van der Waals surface area contributed by atoms with Gasteiger partial charge in [-0.1, -0.05) is 6.58 Å². The van der Waals surface area contributed by atoms with E-state index in [9.17, 15) is 4.79 Å². The Labute approximate surface area is 122 Å². The Morgan fingerprint density at radius 1 is 1.10 bits per heavy atom. The van der Waals surface area contributed by atoms with E-state index >= 15 is 0 Å². The first-order chi connectivity index (χ1) is 10.1. The van der Waals surface area contributed by atoms with Gasteiger partial charge in [0.2, 0.25) is 5.75 Å². The van der Waals surface area contributed by atoms with E-state index in [1.807, 2.05) is 0 Å². The number of aromatic nitrogens is 2. The largest absolute Gasteiger partial charge is 0.493 e. The molecule has 0 fully saturated rings. The Bertz CT molecular complexity index is 676. The molecule has 1 heterocycles. The lowest BCUT2D eigenvalue weighted by molar-refractivity contribution is 0.324.